The van der Waals surface area contributed by atoms with E-state index in [1.54, 1.807) is 25.7 Å². The summed E-state index contributed by atoms with van der Waals surface area (Å²) in [4.78, 5) is 52.0. The summed E-state index contributed by atoms with van der Waals surface area (Å²) in [5.41, 5.74) is -0.746. The summed E-state index contributed by atoms with van der Waals surface area (Å²) in [6.45, 7) is 11.4. The van der Waals surface area contributed by atoms with Crippen LogP contribution in [-0.4, -0.2) is 64.7 Å². The minimum atomic E-state index is -1.11. The van der Waals surface area contributed by atoms with Crippen LogP contribution in [0.2, 0.25) is 0 Å². The fourth-order valence-corrected chi connectivity index (χ4v) is 4.19. The van der Waals surface area contributed by atoms with Crippen molar-refractivity contribution in [2.75, 3.05) is 13.1 Å². The molecule has 1 saturated heterocycles. The normalized spacial score (nSPS) is 17.3. The van der Waals surface area contributed by atoms with Crippen molar-refractivity contribution < 1.29 is 29.0 Å². The number of ether oxygens (including phenoxy) is 1. The number of piperidine rings is 1. The smallest absolute Gasteiger partial charge is 0.410 e. The molecule has 1 fully saturated rings. The van der Waals surface area contributed by atoms with Crippen LogP contribution in [0.3, 0.4) is 0 Å². The number of likely N-dealkylation sites (tertiary alicyclic amines) is 1. The minimum Gasteiger partial charge on any atom is -0.480 e. The molecule has 0 spiro atoms. The third-order valence-corrected chi connectivity index (χ3v) is 6.09. The zero-order valence-electron chi connectivity index (χ0n) is 21.6. The molecule has 0 aliphatic carbocycles. The van der Waals surface area contributed by atoms with E-state index in [0.29, 0.717) is 25.9 Å². The van der Waals surface area contributed by atoms with Crippen molar-refractivity contribution in [2.45, 2.75) is 83.9 Å². The van der Waals surface area contributed by atoms with E-state index in [1.165, 1.54) is 6.92 Å². The highest BCUT2D eigenvalue weighted by molar-refractivity contribution is 5.94. The molecule has 1 aromatic rings. The summed E-state index contributed by atoms with van der Waals surface area (Å²) >= 11 is 0. The topological polar surface area (TPSA) is 125 Å². The Hall–Kier alpha value is -3.10. The first-order valence-electron chi connectivity index (χ1n) is 12.1. The summed E-state index contributed by atoms with van der Waals surface area (Å²) in [7, 11) is 0. The predicted octanol–water partition coefficient (Wildman–Crippen LogP) is 3.08. The summed E-state index contributed by atoms with van der Waals surface area (Å²) < 4.78 is 5.48. The van der Waals surface area contributed by atoms with Crippen molar-refractivity contribution >= 4 is 23.9 Å². The van der Waals surface area contributed by atoms with Crippen LogP contribution in [0, 0.1) is 5.92 Å². The molecule has 2 atom stereocenters. The number of rotatable bonds is 8. The Bertz CT molecular complexity index is 901. The molecule has 1 aliphatic heterocycles. The van der Waals surface area contributed by atoms with Crippen LogP contribution in [0.15, 0.2) is 30.3 Å². The predicted molar refractivity (Wildman–Crippen MR) is 132 cm³/mol. The van der Waals surface area contributed by atoms with Crippen molar-refractivity contribution in [3.63, 3.8) is 0 Å². The minimum absolute atomic E-state index is 0.0813. The molecule has 0 radical (unpaired) electrons. The van der Waals surface area contributed by atoms with Gasteiger partial charge in [-0.05, 0) is 58.4 Å². The van der Waals surface area contributed by atoms with Gasteiger partial charge in [-0.25, -0.2) is 9.59 Å². The van der Waals surface area contributed by atoms with Crippen molar-refractivity contribution in [3.8, 4) is 0 Å². The summed E-state index contributed by atoms with van der Waals surface area (Å²) in [6.07, 6.45) is 0.594. The third kappa shape index (κ3) is 7.70. The van der Waals surface area contributed by atoms with Crippen LogP contribution in [0.5, 0.6) is 0 Å². The highest BCUT2D eigenvalue weighted by atomic mass is 16.6. The molecular formula is C26H39N3O6. The summed E-state index contributed by atoms with van der Waals surface area (Å²) in [5.74, 6) is -1.91. The first kappa shape index (κ1) is 28.1. The average molecular weight is 490 g/mol. The van der Waals surface area contributed by atoms with Crippen molar-refractivity contribution in [1.82, 2.24) is 15.5 Å². The molecular weight excluding hydrogens is 450 g/mol. The number of amides is 3. The number of carbonyl (C=O) groups excluding carboxylic acids is 3. The number of hydrogen-bond acceptors (Lipinski definition) is 5. The maximum absolute atomic E-state index is 13.6. The molecule has 35 heavy (non-hydrogen) atoms. The van der Waals surface area contributed by atoms with Gasteiger partial charge in [-0.2, -0.15) is 0 Å². The van der Waals surface area contributed by atoms with E-state index in [-0.39, 0.29) is 18.2 Å². The Labute approximate surface area is 207 Å². The molecule has 1 aliphatic rings. The van der Waals surface area contributed by atoms with Crippen molar-refractivity contribution in [3.05, 3.63) is 35.9 Å². The number of carboxylic acids is 1. The van der Waals surface area contributed by atoms with E-state index in [4.69, 9.17) is 4.74 Å². The lowest BCUT2D eigenvalue weighted by atomic mass is 9.72. The zero-order valence-corrected chi connectivity index (χ0v) is 21.6. The van der Waals surface area contributed by atoms with Crippen molar-refractivity contribution in [2.24, 2.45) is 5.92 Å². The molecule has 1 heterocycles. The molecule has 3 amide bonds. The molecule has 9 heteroatoms. The highest BCUT2D eigenvalue weighted by Gasteiger charge is 2.45. The Kier molecular flexibility index (Phi) is 9.29. The molecule has 194 valence electrons. The van der Waals surface area contributed by atoms with Gasteiger partial charge in [0, 0.05) is 13.1 Å². The zero-order chi connectivity index (χ0) is 26.4. The molecule has 0 bridgehead atoms. The van der Waals surface area contributed by atoms with Crippen LogP contribution in [-0.2, 0) is 24.5 Å². The number of nitrogens with one attached hydrogen (secondary N) is 2. The van der Waals surface area contributed by atoms with E-state index in [0.717, 1.165) is 5.56 Å². The first-order valence-corrected chi connectivity index (χ1v) is 12.1. The van der Waals surface area contributed by atoms with Gasteiger partial charge in [-0.1, -0.05) is 44.2 Å². The lowest BCUT2D eigenvalue weighted by Crippen LogP contribution is -2.57. The maximum Gasteiger partial charge on any atom is 0.410 e. The Morgan fingerprint density at radius 3 is 2.09 bits per heavy atom. The summed E-state index contributed by atoms with van der Waals surface area (Å²) in [5, 5.41) is 14.7. The number of benzene rings is 1. The van der Waals surface area contributed by atoms with Crippen molar-refractivity contribution in [1.29, 1.82) is 0 Å². The highest BCUT2D eigenvalue weighted by Crippen LogP contribution is 2.36. The maximum atomic E-state index is 13.6. The molecule has 2 rings (SSSR count). The number of carboxylic acid groups (broad SMARTS) is 1. The fraction of sp³-hybridized carbons (Fsp3) is 0.615. The van der Waals surface area contributed by atoms with Crippen LogP contribution >= 0.6 is 0 Å². The fourth-order valence-electron chi connectivity index (χ4n) is 4.19. The Morgan fingerprint density at radius 1 is 1.03 bits per heavy atom. The second kappa shape index (κ2) is 11.6. The van der Waals surface area contributed by atoms with E-state index < -0.39 is 41.1 Å². The quantitative estimate of drug-likeness (QED) is 0.515. The Balaban J connectivity index is 2.16. The second-order valence-electron chi connectivity index (χ2n) is 10.6. The van der Waals surface area contributed by atoms with E-state index in [9.17, 15) is 24.3 Å². The van der Waals surface area contributed by atoms with Crippen LogP contribution in [0.4, 0.5) is 4.79 Å². The molecule has 3 N–H and O–H groups in total. The van der Waals surface area contributed by atoms with E-state index >= 15 is 0 Å². The van der Waals surface area contributed by atoms with Gasteiger partial charge < -0.3 is 25.4 Å². The van der Waals surface area contributed by atoms with Gasteiger partial charge in [-0.3, -0.25) is 9.59 Å². The number of carbonyl (C=O) groups is 4. The molecule has 2 unspecified atom stereocenters. The van der Waals surface area contributed by atoms with Gasteiger partial charge in [-0.15, -0.1) is 0 Å². The number of nitrogens with zero attached hydrogens (tertiary/aromatic N) is 1. The van der Waals surface area contributed by atoms with Crippen LogP contribution in [0.1, 0.15) is 66.4 Å². The molecule has 1 aromatic carbocycles. The number of hydrogen-bond donors (Lipinski definition) is 3. The Morgan fingerprint density at radius 2 is 1.60 bits per heavy atom. The van der Waals surface area contributed by atoms with Crippen LogP contribution < -0.4 is 10.6 Å². The summed E-state index contributed by atoms with van der Waals surface area (Å²) in [6, 6.07) is 7.35. The monoisotopic (exact) mass is 489 g/mol. The van der Waals surface area contributed by atoms with Gasteiger partial charge in [0.05, 0.1) is 5.41 Å². The first-order chi connectivity index (χ1) is 16.2. The van der Waals surface area contributed by atoms with Gasteiger partial charge in [0.2, 0.25) is 11.8 Å². The average Bonchev–Trinajstić information content (AvgIpc) is 2.77. The SMILES string of the molecule is CC(C)CC(NC(=O)C(C)NC(=O)C1(c2ccccc2)CCN(C(=O)OC(C)(C)C)CC1)C(=O)O. The number of aliphatic carboxylic acids is 1. The van der Waals surface area contributed by atoms with Crippen LogP contribution in [0.25, 0.3) is 0 Å². The lowest BCUT2D eigenvalue weighted by molar-refractivity contribution is -0.142. The standard InChI is InChI=1S/C26H39N3O6/c1-17(2)16-20(22(31)32)28-21(30)18(3)27-23(33)26(19-10-8-7-9-11-19)12-14-29(15-13-26)24(34)35-25(4,5)6/h7-11,17-18,20H,12-16H2,1-6H3,(H,27,33)(H,28,30)(H,31,32). The van der Waals surface area contributed by atoms with Gasteiger partial charge in [0.1, 0.15) is 17.7 Å². The molecule has 9 nitrogen and oxygen atoms in total. The van der Waals surface area contributed by atoms with E-state index in [2.05, 4.69) is 10.6 Å². The second-order valence-corrected chi connectivity index (χ2v) is 10.6. The molecule has 0 aromatic heterocycles. The lowest BCUT2D eigenvalue weighted by Gasteiger charge is -2.41. The molecule has 0 saturated carbocycles. The van der Waals surface area contributed by atoms with E-state index in [1.807, 2.05) is 44.2 Å². The van der Waals surface area contributed by atoms with Gasteiger partial charge in [0.25, 0.3) is 0 Å². The van der Waals surface area contributed by atoms with Gasteiger partial charge >= 0.3 is 12.1 Å². The third-order valence-electron chi connectivity index (χ3n) is 6.09. The largest absolute Gasteiger partial charge is 0.480 e. The van der Waals surface area contributed by atoms with Gasteiger partial charge in [0.15, 0.2) is 0 Å².